The quantitative estimate of drug-likeness (QED) is 0.198. The number of para-hydroxylation sites is 3. The first kappa shape index (κ1) is 22.7. The average Bonchev–Trinajstić information content (AvgIpc) is 3.26. The fourth-order valence-electron chi connectivity index (χ4n) is 2.96. The maximum atomic E-state index is 12.2. The molecule has 4 rings (SSSR count). The smallest absolute Gasteiger partial charge is 0.257 e. The zero-order chi connectivity index (χ0) is 23.0. The summed E-state index contributed by atoms with van der Waals surface area (Å²) in [7, 11) is 1.56. The standard InChI is InChI=1S/C24H20ClN3O4S/c1-30-21-12-6-8-16(23(21)31-14-17-7-2-3-9-18(17)25)13-26-28-22(29)15-33-24-27-19-10-4-5-11-20(19)32-24/h2-13H,14-15H2,1H3,(H,28,29)/b26-13+. The summed E-state index contributed by atoms with van der Waals surface area (Å²) < 4.78 is 17.0. The van der Waals surface area contributed by atoms with Crippen molar-refractivity contribution in [3.05, 3.63) is 82.9 Å². The minimum atomic E-state index is -0.292. The summed E-state index contributed by atoms with van der Waals surface area (Å²) in [6, 6.07) is 20.3. The summed E-state index contributed by atoms with van der Waals surface area (Å²) in [4.78, 5) is 16.5. The molecule has 7 nitrogen and oxygen atoms in total. The normalized spacial score (nSPS) is 11.1. The third-order valence-corrected chi connectivity index (χ3v) is 5.75. The number of halogens is 1. The van der Waals surface area contributed by atoms with Crippen LogP contribution in [0.1, 0.15) is 11.1 Å². The minimum absolute atomic E-state index is 0.109. The molecule has 33 heavy (non-hydrogen) atoms. The second-order valence-electron chi connectivity index (χ2n) is 6.79. The summed E-state index contributed by atoms with van der Waals surface area (Å²) in [6.45, 7) is 0.258. The van der Waals surface area contributed by atoms with Crippen LogP contribution in [0.25, 0.3) is 11.1 Å². The van der Waals surface area contributed by atoms with Crippen molar-refractivity contribution in [3.63, 3.8) is 0 Å². The van der Waals surface area contributed by atoms with Gasteiger partial charge in [0.25, 0.3) is 11.1 Å². The van der Waals surface area contributed by atoms with Gasteiger partial charge in [-0.2, -0.15) is 5.10 Å². The second-order valence-corrected chi connectivity index (χ2v) is 8.12. The molecule has 0 radical (unpaired) electrons. The summed E-state index contributed by atoms with van der Waals surface area (Å²) in [5.74, 6) is 0.862. The van der Waals surface area contributed by atoms with Gasteiger partial charge in [0.2, 0.25) is 0 Å². The molecule has 1 heterocycles. The molecule has 0 fully saturated rings. The lowest BCUT2D eigenvalue weighted by Crippen LogP contribution is -2.19. The van der Waals surface area contributed by atoms with Gasteiger partial charge >= 0.3 is 0 Å². The predicted octanol–water partition coefficient (Wildman–Crippen LogP) is 5.31. The second kappa shape index (κ2) is 10.9. The fourth-order valence-corrected chi connectivity index (χ4v) is 3.78. The molecule has 0 aliphatic carbocycles. The van der Waals surface area contributed by atoms with Gasteiger partial charge in [-0.05, 0) is 30.3 Å². The Balaban J connectivity index is 1.37. The zero-order valence-corrected chi connectivity index (χ0v) is 19.2. The van der Waals surface area contributed by atoms with E-state index in [-0.39, 0.29) is 18.3 Å². The number of carbonyl (C=O) groups excluding carboxylic acids is 1. The largest absolute Gasteiger partial charge is 0.493 e. The Morgan fingerprint density at radius 1 is 1.15 bits per heavy atom. The summed E-state index contributed by atoms with van der Waals surface area (Å²) in [6.07, 6.45) is 1.51. The Hall–Kier alpha value is -3.49. The zero-order valence-electron chi connectivity index (χ0n) is 17.7. The maximum Gasteiger partial charge on any atom is 0.257 e. The molecule has 1 aromatic heterocycles. The summed E-state index contributed by atoms with van der Waals surface area (Å²) in [5, 5.41) is 5.10. The number of aromatic nitrogens is 1. The number of thioether (sulfide) groups is 1. The summed E-state index contributed by atoms with van der Waals surface area (Å²) in [5.41, 5.74) is 5.43. The molecule has 3 aromatic carbocycles. The van der Waals surface area contributed by atoms with Gasteiger partial charge in [-0.25, -0.2) is 10.4 Å². The molecule has 9 heteroatoms. The van der Waals surface area contributed by atoms with Crippen molar-refractivity contribution < 1.29 is 18.7 Å². The number of hydrogen-bond acceptors (Lipinski definition) is 7. The third-order valence-electron chi connectivity index (χ3n) is 4.55. The van der Waals surface area contributed by atoms with Crippen LogP contribution in [0.4, 0.5) is 0 Å². The van der Waals surface area contributed by atoms with Gasteiger partial charge in [-0.15, -0.1) is 0 Å². The number of methoxy groups -OCH3 is 1. The first-order valence-electron chi connectivity index (χ1n) is 9.97. The van der Waals surface area contributed by atoms with Gasteiger partial charge in [0, 0.05) is 16.1 Å². The molecule has 0 bridgehead atoms. The number of hydrazone groups is 1. The van der Waals surface area contributed by atoms with E-state index < -0.39 is 0 Å². The van der Waals surface area contributed by atoms with Crippen LogP contribution in [-0.4, -0.2) is 30.0 Å². The van der Waals surface area contributed by atoms with Crippen molar-refractivity contribution in [2.75, 3.05) is 12.9 Å². The van der Waals surface area contributed by atoms with Crippen molar-refractivity contribution in [2.24, 2.45) is 5.10 Å². The van der Waals surface area contributed by atoms with Crippen LogP contribution in [0.3, 0.4) is 0 Å². The highest BCUT2D eigenvalue weighted by molar-refractivity contribution is 7.99. The molecule has 0 aliphatic heterocycles. The highest BCUT2D eigenvalue weighted by atomic mass is 35.5. The van der Waals surface area contributed by atoms with Crippen LogP contribution in [0.2, 0.25) is 5.02 Å². The molecule has 0 spiro atoms. The van der Waals surface area contributed by atoms with Crippen LogP contribution >= 0.6 is 23.4 Å². The van der Waals surface area contributed by atoms with Gasteiger partial charge in [0.15, 0.2) is 17.1 Å². The number of amides is 1. The van der Waals surface area contributed by atoms with E-state index in [1.807, 2.05) is 54.6 Å². The number of ether oxygens (including phenoxy) is 2. The van der Waals surface area contributed by atoms with Crippen LogP contribution in [0, 0.1) is 0 Å². The van der Waals surface area contributed by atoms with E-state index in [0.717, 1.165) is 11.1 Å². The molecule has 168 valence electrons. The van der Waals surface area contributed by atoms with Crippen LogP contribution in [0.5, 0.6) is 11.5 Å². The van der Waals surface area contributed by atoms with E-state index in [1.165, 1.54) is 18.0 Å². The third kappa shape index (κ3) is 5.85. The van der Waals surface area contributed by atoms with Gasteiger partial charge < -0.3 is 13.9 Å². The number of hydrogen-bond donors (Lipinski definition) is 1. The fraction of sp³-hybridized carbons (Fsp3) is 0.125. The number of fused-ring (bicyclic) bond motifs is 1. The first-order valence-corrected chi connectivity index (χ1v) is 11.3. The van der Waals surface area contributed by atoms with Crippen LogP contribution in [0.15, 0.2) is 81.5 Å². The highest BCUT2D eigenvalue weighted by Gasteiger charge is 2.12. The average molecular weight is 482 g/mol. The molecule has 1 amide bonds. The van der Waals surface area contributed by atoms with Crippen molar-refractivity contribution in [2.45, 2.75) is 11.8 Å². The topological polar surface area (TPSA) is 86.0 Å². The maximum absolute atomic E-state index is 12.2. The van der Waals surface area contributed by atoms with Crippen molar-refractivity contribution >= 4 is 46.6 Å². The van der Waals surface area contributed by atoms with E-state index in [0.29, 0.717) is 32.9 Å². The van der Waals surface area contributed by atoms with Gasteiger partial charge in [0.05, 0.1) is 19.1 Å². The van der Waals surface area contributed by atoms with Gasteiger partial charge in [-0.3, -0.25) is 4.79 Å². The Labute approximate surface area is 199 Å². The molecule has 0 saturated heterocycles. The summed E-state index contributed by atoms with van der Waals surface area (Å²) >= 11 is 7.42. The Morgan fingerprint density at radius 2 is 1.97 bits per heavy atom. The lowest BCUT2D eigenvalue weighted by atomic mass is 10.2. The van der Waals surface area contributed by atoms with E-state index in [2.05, 4.69) is 15.5 Å². The molecular weight excluding hydrogens is 462 g/mol. The van der Waals surface area contributed by atoms with Gasteiger partial charge in [-0.1, -0.05) is 59.8 Å². The number of oxazole rings is 1. The first-order chi connectivity index (χ1) is 16.1. The molecule has 0 atom stereocenters. The lowest BCUT2D eigenvalue weighted by molar-refractivity contribution is -0.118. The SMILES string of the molecule is COc1cccc(/C=N/NC(=O)CSc2nc3ccccc3o2)c1OCc1ccccc1Cl. The Morgan fingerprint density at radius 3 is 2.79 bits per heavy atom. The minimum Gasteiger partial charge on any atom is -0.493 e. The molecule has 0 aliphatic rings. The Kier molecular flexibility index (Phi) is 7.49. The number of nitrogens with zero attached hydrogens (tertiary/aromatic N) is 2. The Bertz CT molecular complexity index is 1260. The molecule has 1 N–H and O–H groups in total. The number of benzene rings is 3. The van der Waals surface area contributed by atoms with Gasteiger partial charge in [0.1, 0.15) is 12.1 Å². The van der Waals surface area contributed by atoms with Crippen molar-refractivity contribution in [1.29, 1.82) is 0 Å². The highest BCUT2D eigenvalue weighted by Crippen LogP contribution is 2.31. The molecule has 0 unspecified atom stereocenters. The predicted molar refractivity (Wildman–Crippen MR) is 129 cm³/mol. The number of rotatable bonds is 9. The van der Waals surface area contributed by atoms with Crippen LogP contribution < -0.4 is 14.9 Å². The molecule has 4 aromatic rings. The van der Waals surface area contributed by atoms with E-state index in [1.54, 1.807) is 19.2 Å². The van der Waals surface area contributed by atoms with E-state index in [9.17, 15) is 4.79 Å². The van der Waals surface area contributed by atoms with E-state index >= 15 is 0 Å². The molecular formula is C24H20ClN3O4S. The van der Waals surface area contributed by atoms with Crippen molar-refractivity contribution in [3.8, 4) is 11.5 Å². The van der Waals surface area contributed by atoms with Crippen LogP contribution in [-0.2, 0) is 11.4 Å². The van der Waals surface area contributed by atoms with E-state index in [4.69, 9.17) is 25.5 Å². The molecule has 0 saturated carbocycles. The lowest BCUT2D eigenvalue weighted by Gasteiger charge is -2.13. The monoisotopic (exact) mass is 481 g/mol. The van der Waals surface area contributed by atoms with Crippen molar-refractivity contribution in [1.82, 2.24) is 10.4 Å². The number of nitrogens with one attached hydrogen (secondary N) is 1. The number of carbonyl (C=O) groups is 1.